The van der Waals surface area contributed by atoms with E-state index in [1.807, 2.05) is 0 Å². The van der Waals surface area contributed by atoms with E-state index in [0.717, 1.165) is 0 Å². The molecule has 0 radical (unpaired) electrons. The number of anilines is 2. The monoisotopic (exact) mass is 572 g/mol. The minimum Gasteiger partial charge on any atom is -0.387 e. The Morgan fingerprint density at radius 1 is 0.350 bits per heavy atom. The summed E-state index contributed by atoms with van der Waals surface area (Å²) in [5, 5.41) is 97.5. The third-order valence-corrected chi connectivity index (χ3v) is 4.53. The topological polar surface area (TPSA) is 422 Å². The second-order valence-corrected chi connectivity index (χ2v) is 6.57. The lowest BCUT2D eigenvalue weighted by Gasteiger charge is -2.06. The van der Waals surface area contributed by atoms with Gasteiger partial charge >= 0.3 is 45.5 Å². The number of hydrogen-bond donors (Lipinski definition) is 2. The fourth-order valence-electron chi connectivity index (χ4n) is 3.13. The van der Waals surface area contributed by atoms with Crippen molar-refractivity contribution in [3.63, 3.8) is 0 Å². The Bertz CT molecular complexity index is 1420. The molecule has 208 valence electrons. The molecule has 0 saturated heterocycles. The number of benzene rings is 2. The number of nitrogen functional groups attached to an aromatic ring is 2. The first-order chi connectivity index (χ1) is 18.4. The molecule has 0 aromatic heterocycles. The number of azo groups is 1. The Morgan fingerprint density at radius 2 is 0.500 bits per heavy atom. The highest BCUT2D eigenvalue weighted by molar-refractivity contribution is 5.96. The normalized spacial score (nSPS) is 10.7. The van der Waals surface area contributed by atoms with Crippen LogP contribution in [-0.2, 0) is 0 Å². The van der Waals surface area contributed by atoms with Gasteiger partial charge in [0, 0.05) is 0 Å². The van der Waals surface area contributed by atoms with Gasteiger partial charge in [0.25, 0.3) is 11.4 Å². The van der Waals surface area contributed by atoms with E-state index in [1.54, 1.807) is 0 Å². The first-order valence-corrected chi connectivity index (χ1v) is 8.93. The number of nitrogens with two attached hydrogens (primary N) is 2. The van der Waals surface area contributed by atoms with E-state index in [9.17, 15) is 80.9 Å². The van der Waals surface area contributed by atoms with Crippen molar-refractivity contribution >= 4 is 68.2 Å². The minimum absolute atomic E-state index is 1.72. The third-order valence-electron chi connectivity index (χ3n) is 4.53. The maximum Gasteiger partial charge on any atom is 0.383 e. The molecular formula is C12H4N12O16. The molecule has 28 nitrogen and oxygen atoms in total. The number of hydrogen-bond acceptors (Lipinski definition) is 20. The van der Waals surface area contributed by atoms with Crippen LogP contribution in [0.1, 0.15) is 0 Å². The second kappa shape index (κ2) is 10.1. The van der Waals surface area contributed by atoms with Crippen molar-refractivity contribution in [2.45, 2.75) is 0 Å². The molecule has 40 heavy (non-hydrogen) atoms. The van der Waals surface area contributed by atoms with E-state index in [0.29, 0.717) is 0 Å². The van der Waals surface area contributed by atoms with Crippen LogP contribution in [0.25, 0.3) is 0 Å². The highest BCUT2D eigenvalue weighted by atomic mass is 16.7. The van der Waals surface area contributed by atoms with Gasteiger partial charge in [0.15, 0.2) is 0 Å². The standard InChI is InChI=1S/C12H4N12O16/c13-1-5(17(25)26)9(21(33)34)3(10(22(35)36)6(1)18(27)28)15-16-4-11(23(37)38)7(19(29)30)2(14)8(20(31)32)12(4)24(39)40/h13-14H2. The summed E-state index contributed by atoms with van der Waals surface area (Å²) in [4.78, 5) is 78.0. The predicted octanol–water partition coefficient (Wildman–Crippen LogP) is 2.53. The van der Waals surface area contributed by atoms with E-state index < -0.39 is 108 Å². The lowest BCUT2D eigenvalue weighted by molar-refractivity contribution is -0.432. The van der Waals surface area contributed by atoms with Gasteiger partial charge < -0.3 is 11.5 Å². The van der Waals surface area contributed by atoms with Crippen LogP contribution in [0, 0.1) is 80.9 Å². The molecule has 0 atom stereocenters. The number of nitro groups is 8. The van der Waals surface area contributed by atoms with Gasteiger partial charge in [-0.1, -0.05) is 0 Å². The fraction of sp³-hybridized carbons (Fsp3) is 0. The fourth-order valence-corrected chi connectivity index (χ4v) is 3.13. The van der Waals surface area contributed by atoms with E-state index in [4.69, 9.17) is 11.5 Å². The Kier molecular flexibility index (Phi) is 7.32. The molecular weight excluding hydrogens is 568 g/mol. The molecule has 0 spiro atoms. The van der Waals surface area contributed by atoms with Crippen LogP contribution in [-0.4, -0.2) is 39.4 Å². The van der Waals surface area contributed by atoms with E-state index in [2.05, 4.69) is 10.2 Å². The lowest BCUT2D eigenvalue weighted by atomic mass is 10.1. The molecule has 0 aliphatic heterocycles. The number of nitro benzene ring substituents is 8. The van der Waals surface area contributed by atoms with Crippen LogP contribution in [0.5, 0.6) is 0 Å². The van der Waals surface area contributed by atoms with Gasteiger partial charge in [-0.3, -0.25) is 80.9 Å². The molecule has 2 aromatic rings. The summed E-state index contributed by atoms with van der Waals surface area (Å²) < 4.78 is 0. The van der Waals surface area contributed by atoms with Crippen molar-refractivity contribution in [2.24, 2.45) is 10.2 Å². The van der Waals surface area contributed by atoms with E-state index in [1.165, 1.54) is 0 Å². The largest absolute Gasteiger partial charge is 0.387 e. The Hall–Kier alpha value is -7.16. The van der Waals surface area contributed by atoms with Gasteiger partial charge in [-0.05, 0) is 0 Å². The van der Waals surface area contributed by atoms with Gasteiger partial charge in [-0.2, -0.15) is 0 Å². The number of rotatable bonds is 10. The van der Waals surface area contributed by atoms with Crippen LogP contribution in [0.15, 0.2) is 10.2 Å². The molecule has 2 rings (SSSR count). The first kappa shape index (κ1) is 29.1. The van der Waals surface area contributed by atoms with Gasteiger partial charge in [0.1, 0.15) is 0 Å². The predicted molar refractivity (Wildman–Crippen MR) is 119 cm³/mol. The molecule has 0 bridgehead atoms. The average Bonchev–Trinajstić information content (AvgIpc) is 2.80. The molecule has 0 aliphatic rings. The summed E-state index contributed by atoms with van der Waals surface area (Å²) in [6.45, 7) is 0. The zero-order chi connectivity index (χ0) is 31.0. The minimum atomic E-state index is -2.09. The summed E-state index contributed by atoms with van der Waals surface area (Å²) in [6.07, 6.45) is 0. The van der Waals surface area contributed by atoms with Crippen molar-refractivity contribution in [3.8, 4) is 0 Å². The van der Waals surface area contributed by atoms with Crippen molar-refractivity contribution < 1.29 is 39.4 Å². The van der Waals surface area contributed by atoms with Crippen molar-refractivity contribution in [3.05, 3.63) is 80.9 Å². The molecule has 0 unspecified atom stereocenters. The third kappa shape index (κ3) is 4.53. The molecule has 2 aromatic carbocycles. The zero-order valence-electron chi connectivity index (χ0n) is 18.2. The van der Waals surface area contributed by atoms with Crippen molar-refractivity contribution in [1.29, 1.82) is 0 Å². The molecule has 28 heteroatoms. The quantitative estimate of drug-likeness (QED) is 0.178. The Morgan fingerprint density at radius 3 is 0.625 bits per heavy atom. The van der Waals surface area contributed by atoms with Crippen LogP contribution < -0.4 is 11.5 Å². The summed E-state index contributed by atoms with van der Waals surface area (Å²) in [5.41, 5.74) is -13.5. The van der Waals surface area contributed by atoms with Crippen LogP contribution in [0.4, 0.5) is 68.2 Å². The van der Waals surface area contributed by atoms with Gasteiger partial charge in [0.2, 0.25) is 11.4 Å². The lowest BCUT2D eigenvalue weighted by Crippen LogP contribution is -2.08. The maximum atomic E-state index is 11.6. The van der Waals surface area contributed by atoms with Gasteiger partial charge in [-0.15, -0.1) is 10.2 Å². The van der Waals surface area contributed by atoms with Crippen LogP contribution in [0.2, 0.25) is 0 Å². The van der Waals surface area contributed by atoms with E-state index in [-0.39, 0.29) is 0 Å². The summed E-state index contributed by atoms with van der Waals surface area (Å²) in [5.74, 6) is 0. The smallest absolute Gasteiger partial charge is 0.383 e. The average molecular weight is 572 g/mol. The highest BCUT2D eigenvalue weighted by Gasteiger charge is 2.50. The summed E-state index contributed by atoms with van der Waals surface area (Å²) in [6, 6.07) is 0. The molecule has 0 heterocycles. The number of nitrogens with zero attached hydrogens (tertiary/aromatic N) is 10. The molecule has 0 amide bonds. The van der Waals surface area contributed by atoms with Gasteiger partial charge in [0.05, 0.1) is 39.4 Å². The van der Waals surface area contributed by atoms with Crippen LogP contribution in [0.3, 0.4) is 0 Å². The van der Waals surface area contributed by atoms with Crippen molar-refractivity contribution in [1.82, 2.24) is 0 Å². The summed E-state index contributed by atoms with van der Waals surface area (Å²) >= 11 is 0. The molecule has 0 aliphatic carbocycles. The maximum absolute atomic E-state index is 11.6. The second-order valence-electron chi connectivity index (χ2n) is 6.57. The summed E-state index contributed by atoms with van der Waals surface area (Å²) in [7, 11) is 0. The van der Waals surface area contributed by atoms with Gasteiger partial charge in [-0.25, -0.2) is 0 Å². The molecule has 0 fully saturated rings. The molecule has 0 saturated carbocycles. The molecule has 4 N–H and O–H groups in total. The SMILES string of the molecule is Nc1c([N+](=O)[O-])c([N+](=O)[O-])c(N=Nc2c([N+](=O)[O-])c([N+](=O)[O-])c(N)c([N+](=O)[O-])c2[N+](=O)[O-])c([N+](=O)[O-])c1[N+](=O)[O-]. The Labute approximate surface area is 211 Å². The van der Waals surface area contributed by atoms with Crippen molar-refractivity contribution in [2.75, 3.05) is 11.5 Å². The highest BCUT2D eigenvalue weighted by Crippen LogP contribution is 2.56. The van der Waals surface area contributed by atoms with Crippen LogP contribution >= 0.6 is 0 Å². The zero-order valence-corrected chi connectivity index (χ0v) is 18.2. The van der Waals surface area contributed by atoms with E-state index >= 15 is 0 Å². The Balaban J connectivity index is 3.37. The first-order valence-electron chi connectivity index (χ1n) is 8.93.